The number of rotatable bonds is 6. The van der Waals surface area contributed by atoms with Crippen molar-refractivity contribution in [2.45, 2.75) is 31.5 Å². The molecule has 0 aliphatic carbocycles. The standard InChI is InChI=1S/C14H18AsN3O7S/c15-10-3-1-2-9(6-10)8-24-16-13(19)12-5-4-11-7-17(12)14(20)18(11)25-26(21,22)23/h1-3,6,11-12H,4-5,7-8,15H2,(H,16,19)(H,21,22,23). The molecule has 2 N–H and O–H groups in total. The Balaban J connectivity index is 1.57. The summed E-state index contributed by atoms with van der Waals surface area (Å²) in [6.45, 7) is 0.317. The summed E-state index contributed by atoms with van der Waals surface area (Å²) >= 11 is 1.48. The van der Waals surface area contributed by atoms with E-state index in [1.54, 1.807) is 0 Å². The van der Waals surface area contributed by atoms with Crippen LogP contribution in [0.1, 0.15) is 18.4 Å². The van der Waals surface area contributed by atoms with Crippen LogP contribution in [0.15, 0.2) is 24.3 Å². The monoisotopic (exact) mass is 447 g/mol. The molecule has 0 spiro atoms. The van der Waals surface area contributed by atoms with E-state index in [2.05, 4.69) is 9.76 Å². The number of piperidine rings is 1. The smallest absolute Gasteiger partial charge is 0.262 e. The number of hydrogen-bond donors (Lipinski definition) is 2. The quantitative estimate of drug-likeness (QED) is 0.309. The number of hydroxylamine groups is 3. The number of benzene rings is 1. The minimum Gasteiger partial charge on any atom is -0.262 e. The fourth-order valence-electron chi connectivity index (χ4n) is 3.05. The van der Waals surface area contributed by atoms with E-state index in [1.165, 1.54) is 21.8 Å². The molecule has 2 aliphatic rings. The van der Waals surface area contributed by atoms with E-state index in [-0.39, 0.29) is 13.2 Å². The second-order valence-electron chi connectivity index (χ2n) is 6.01. The van der Waals surface area contributed by atoms with E-state index in [1.807, 2.05) is 24.3 Å². The van der Waals surface area contributed by atoms with Gasteiger partial charge in [-0.25, -0.2) is 0 Å². The van der Waals surface area contributed by atoms with Gasteiger partial charge in [0, 0.05) is 0 Å². The zero-order valence-electron chi connectivity index (χ0n) is 13.6. The molecule has 3 rings (SSSR count). The van der Waals surface area contributed by atoms with E-state index in [9.17, 15) is 18.0 Å². The van der Waals surface area contributed by atoms with Crippen LogP contribution in [-0.4, -0.2) is 70.4 Å². The first-order chi connectivity index (χ1) is 12.2. The summed E-state index contributed by atoms with van der Waals surface area (Å²) in [5.41, 5.74) is 3.24. The average molecular weight is 447 g/mol. The average Bonchev–Trinajstić information content (AvgIpc) is 2.78. The van der Waals surface area contributed by atoms with Crippen LogP contribution in [0.2, 0.25) is 0 Å². The van der Waals surface area contributed by atoms with Crippen LogP contribution in [-0.2, 0) is 30.9 Å². The molecule has 1 aromatic carbocycles. The maximum atomic E-state index is 12.3. The molecule has 0 aromatic heterocycles. The van der Waals surface area contributed by atoms with Crippen molar-refractivity contribution in [1.29, 1.82) is 0 Å². The Morgan fingerprint density at radius 2 is 2.15 bits per heavy atom. The molecule has 0 radical (unpaired) electrons. The van der Waals surface area contributed by atoms with Gasteiger partial charge in [-0.2, -0.15) is 8.42 Å². The van der Waals surface area contributed by atoms with Crippen LogP contribution in [0.3, 0.4) is 0 Å². The Labute approximate surface area is 158 Å². The molecule has 3 unspecified atom stereocenters. The van der Waals surface area contributed by atoms with Crippen molar-refractivity contribution < 1.29 is 31.7 Å². The predicted octanol–water partition coefficient (Wildman–Crippen LogP) is -1.50. The van der Waals surface area contributed by atoms with Crippen molar-refractivity contribution in [1.82, 2.24) is 15.4 Å². The summed E-state index contributed by atoms with van der Waals surface area (Å²) in [6.07, 6.45) is 0.680. The summed E-state index contributed by atoms with van der Waals surface area (Å²) in [4.78, 5) is 31.0. The Morgan fingerprint density at radius 1 is 1.38 bits per heavy atom. The van der Waals surface area contributed by atoms with Gasteiger partial charge in [0.15, 0.2) is 0 Å². The molecule has 2 aliphatic heterocycles. The Kier molecular flexibility index (Phi) is 5.54. The molecule has 1 aromatic rings. The molecule has 2 heterocycles. The molecular weight excluding hydrogens is 429 g/mol. The first kappa shape index (κ1) is 19.1. The maximum absolute atomic E-state index is 12.3. The molecule has 2 fully saturated rings. The van der Waals surface area contributed by atoms with Gasteiger partial charge in [0.2, 0.25) is 0 Å². The van der Waals surface area contributed by atoms with Gasteiger partial charge in [0.25, 0.3) is 0 Å². The summed E-state index contributed by atoms with van der Waals surface area (Å²) < 4.78 is 35.9. The number of fused-ring (bicyclic) bond motifs is 2. The number of urea groups is 1. The fraction of sp³-hybridized carbons (Fsp3) is 0.429. The Bertz CT molecular complexity index is 819. The molecule has 2 bridgehead atoms. The first-order valence-electron chi connectivity index (χ1n) is 7.77. The Hall–Kier alpha value is -1.65. The summed E-state index contributed by atoms with van der Waals surface area (Å²) in [5, 5.41) is 0.595. The normalized spacial score (nSPS) is 22.6. The molecule has 26 heavy (non-hydrogen) atoms. The van der Waals surface area contributed by atoms with Gasteiger partial charge in [-0.3, -0.25) is 4.55 Å². The minimum atomic E-state index is -4.81. The van der Waals surface area contributed by atoms with Crippen molar-refractivity contribution >= 4 is 43.5 Å². The van der Waals surface area contributed by atoms with Gasteiger partial charge in [0.05, 0.1) is 0 Å². The molecule has 3 atom stereocenters. The zero-order chi connectivity index (χ0) is 18.9. The van der Waals surface area contributed by atoms with Crippen molar-refractivity contribution in [3.63, 3.8) is 0 Å². The summed E-state index contributed by atoms with van der Waals surface area (Å²) in [5.74, 6) is -0.498. The third-order valence-electron chi connectivity index (χ3n) is 4.16. The van der Waals surface area contributed by atoms with Gasteiger partial charge in [-0.15, -0.1) is 0 Å². The number of nitrogens with zero attached hydrogens (tertiary/aromatic N) is 2. The van der Waals surface area contributed by atoms with Gasteiger partial charge >= 0.3 is 146 Å². The number of hydrogen-bond acceptors (Lipinski definition) is 6. The predicted molar refractivity (Wildman–Crippen MR) is 90.9 cm³/mol. The number of carbonyl (C=O) groups excluding carboxylic acids is 2. The van der Waals surface area contributed by atoms with Crippen LogP contribution < -0.4 is 9.83 Å². The van der Waals surface area contributed by atoms with Crippen molar-refractivity contribution in [3.8, 4) is 0 Å². The van der Waals surface area contributed by atoms with Crippen LogP contribution in [0.5, 0.6) is 0 Å². The summed E-state index contributed by atoms with van der Waals surface area (Å²) in [7, 11) is -4.81. The second-order valence-corrected chi connectivity index (χ2v) is 8.41. The molecule has 10 nitrogen and oxygen atoms in total. The summed E-state index contributed by atoms with van der Waals surface area (Å²) in [6, 6.07) is 5.57. The molecule has 12 heteroatoms. The van der Waals surface area contributed by atoms with Crippen molar-refractivity contribution in [3.05, 3.63) is 29.8 Å². The van der Waals surface area contributed by atoms with Gasteiger partial charge in [-0.1, -0.05) is 0 Å². The van der Waals surface area contributed by atoms with E-state index >= 15 is 0 Å². The van der Waals surface area contributed by atoms with Gasteiger partial charge < -0.3 is 0 Å². The second kappa shape index (κ2) is 7.53. The van der Waals surface area contributed by atoms with Crippen LogP contribution in [0, 0.1) is 0 Å². The zero-order valence-corrected chi connectivity index (χ0v) is 16.8. The van der Waals surface area contributed by atoms with Crippen molar-refractivity contribution in [2.24, 2.45) is 0 Å². The van der Waals surface area contributed by atoms with Crippen LogP contribution in [0.4, 0.5) is 4.79 Å². The SMILES string of the molecule is O=C(NOCc1cccc([AsH2])c1)C1CCC2CN1C(=O)N2OS(=O)(=O)O. The third kappa shape index (κ3) is 4.36. The molecule has 3 amide bonds. The van der Waals surface area contributed by atoms with E-state index in [0.29, 0.717) is 17.9 Å². The van der Waals surface area contributed by atoms with Crippen molar-refractivity contribution in [2.75, 3.05) is 6.54 Å². The van der Waals surface area contributed by atoms with Gasteiger partial charge in [-0.05, 0) is 0 Å². The third-order valence-corrected chi connectivity index (χ3v) is 5.27. The van der Waals surface area contributed by atoms with E-state index < -0.39 is 34.4 Å². The number of amides is 3. The minimum absolute atomic E-state index is 0.131. The van der Waals surface area contributed by atoms with E-state index in [4.69, 9.17) is 9.39 Å². The van der Waals surface area contributed by atoms with Gasteiger partial charge in [0.1, 0.15) is 0 Å². The topological polar surface area (TPSA) is 125 Å². The molecule has 0 saturated carbocycles. The molecular formula is C14H18AsN3O7S. The number of nitrogens with one attached hydrogen (secondary N) is 1. The van der Waals surface area contributed by atoms with Crippen LogP contribution >= 0.6 is 0 Å². The fourth-order valence-corrected chi connectivity index (χ4v) is 4.12. The Morgan fingerprint density at radius 3 is 2.85 bits per heavy atom. The van der Waals surface area contributed by atoms with E-state index in [0.717, 1.165) is 9.91 Å². The number of carbonyl (C=O) groups is 2. The molecule has 142 valence electrons. The van der Waals surface area contributed by atoms with Crippen LogP contribution in [0.25, 0.3) is 0 Å². The molecule has 2 saturated heterocycles. The first-order valence-corrected chi connectivity index (χ1v) is 10.3.